The van der Waals surface area contributed by atoms with Gasteiger partial charge < -0.3 is 5.32 Å². The summed E-state index contributed by atoms with van der Waals surface area (Å²) in [6.07, 6.45) is 2.65. The lowest BCUT2D eigenvalue weighted by Gasteiger charge is -2.27. The number of fused-ring (bicyclic) bond motifs is 1. The van der Waals surface area contributed by atoms with Gasteiger partial charge in [0.1, 0.15) is 0 Å². The monoisotopic (exact) mass is 319 g/mol. The quantitative estimate of drug-likeness (QED) is 0.876. The van der Waals surface area contributed by atoms with Gasteiger partial charge in [0.15, 0.2) is 9.84 Å². The van der Waals surface area contributed by atoms with Crippen LogP contribution in [0.4, 0.5) is 5.69 Å². The minimum atomic E-state index is -3.12. The highest BCUT2D eigenvalue weighted by Gasteiger charge is 2.29. The van der Waals surface area contributed by atoms with E-state index in [9.17, 15) is 8.42 Å². The SMILES string of the molecule is CSc1ccc(NC2CCS(=O)(=O)c3ccccc32)cc1. The Bertz CT molecular complexity index is 739. The van der Waals surface area contributed by atoms with Gasteiger partial charge in [-0.1, -0.05) is 18.2 Å². The normalized spacial score (nSPS) is 19.8. The molecule has 0 amide bonds. The first-order valence-corrected chi connectivity index (χ1v) is 9.70. The Kier molecular flexibility index (Phi) is 3.95. The number of nitrogens with one attached hydrogen (secondary N) is 1. The molecule has 0 saturated carbocycles. The summed E-state index contributed by atoms with van der Waals surface area (Å²) in [5.41, 5.74) is 1.89. The van der Waals surface area contributed by atoms with Crippen LogP contribution in [0, 0.1) is 0 Å². The van der Waals surface area contributed by atoms with Crippen LogP contribution in [0.3, 0.4) is 0 Å². The van der Waals surface area contributed by atoms with Crippen molar-refractivity contribution in [1.82, 2.24) is 0 Å². The second kappa shape index (κ2) is 5.73. The first kappa shape index (κ1) is 14.5. The summed E-state index contributed by atoms with van der Waals surface area (Å²) in [5.74, 6) is 0.199. The number of anilines is 1. The van der Waals surface area contributed by atoms with Gasteiger partial charge >= 0.3 is 0 Å². The lowest BCUT2D eigenvalue weighted by atomic mass is 10.0. The van der Waals surface area contributed by atoms with Gasteiger partial charge in [0, 0.05) is 10.6 Å². The number of sulfone groups is 1. The van der Waals surface area contributed by atoms with E-state index in [2.05, 4.69) is 17.4 Å². The second-order valence-corrected chi connectivity index (χ2v) is 8.03. The standard InChI is InChI=1S/C16H17NO2S2/c1-20-13-8-6-12(7-9-13)17-15-10-11-21(18,19)16-5-3-2-4-14(15)16/h2-9,15,17H,10-11H2,1H3. The molecule has 2 aromatic carbocycles. The van der Waals surface area contributed by atoms with Gasteiger partial charge in [-0.3, -0.25) is 0 Å². The van der Waals surface area contributed by atoms with E-state index in [1.54, 1.807) is 23.9 Å². The highest BCUT2D eigenvalue weighted by atomic mass is 32.2. The lowest BCUT2D eigenvalue weighted by molar-refractivity contribution is 0.576. The molecule has 110 valence electrons. The predicted molar refractivity (Wildman–Crippen MR) is 87.7 cm³/mol. The van der Waals surface area contributed by atoms with Crippen molar-refractivity contribution in [2.45, 2.75) is 22.3 Å². The molecule has 21 heavy (non-hydrogen) atoms. The number of benzene rings is 2. The lowest BCUT2D eigenvalue weighted by Crippen LogP contribution is -2.24. The van der Waals surface area contributed by atoms with Crippen LogP contribution >= 0.6 is 11.8 Å². The molecule has 5 heteroatoms. The molecule has 1 aliphatic heterocycles. The molecular weight excluding hydrogens is 302 g/mol. The fraction of sp³-hybridized carbons (Fsp3) is 0.250. The molecule has 0 spiro atoms. The van der Waals surface area contributed by atoms with E-state index < -0.39 is 9.84 Å². The molecule has 2 aromatic rings. The largest absolute Gasteiger partial charge is 0.378 e. The van der Waals surface area contributed by atoms with Crippen molar-refractivity contribution in [3.8, 4) is 0 Å². The average Bonchev–Trinajstić information content (AvgIpc) is 2.51. The number of rotatable bonds is 3. The highest BCUT2D eigenvalue weighted by Crippen LogP contribution is 2.34. The van der Waals surface area contributed by atoms with Crippen molar-refractivity contribution >= 4 is 27.3 Å². The molecule has 1 heterocycles. The minimum Gasteiger partial charge on any atom is -0.378 e. The summed E-state index contributed by atoms with van der Waals surface area (Å²) in [7, 11) is -3.12. The van der Waals surface area contributed by atoms with Crippen molar-refractivity contribution in [3.63, 3.8) is 0 Å². The maximum atomic E-state index is 12.1. The van der Waals surface area contributed by atoms with E-state index in [0.29, 0.717) is 11.3 Å². The molecule has 1 unspecified atom stereocenters. The van der Waals surface area contributed by atoms with Crippen molar-refractivity contribution in [3.05, 3.63) is 54.1 Å². The van der Waals surface area contributed by atoms with E-state index in [1.165, 1.54) is 4.90 Å². The van der Waals surface area contributed by atoms with Crippen LogP contribution in [0.25, 0.3) is 0 Å². The van der Waals surface area contributed by atoms with Crippen molar-refractivity contribution < 1.29 is 8.42 Å². The summed E-state index contributed by atoms with van der Waals surface area (Å²) >= 11 is 1.70. The Balaban J connectivity index is 1.90. The van der Waals surface area contributed by atoms with Gasteiger partial charge in [-0.05, 0) is 48.6 Å². The second-order valence-electron chi connectivity index (χ2n) is 5.07. The summed E-state index contributed by atoms with van der Waals surface area (Å²) in [5, 5.41) is 3.45. The maximum Gasteiger partial charge on any atom is 0.178 e. The summed E-state index contributed by atoms with van der Waals surface area (Å²) < 4.78 is 24.2. The third-order valence-electron chi connectivity index (χ3n) is 3.74. The minimum absolute atomic E-state index is 0.0462. The Morgan fingerprint density at radius 1 is 1.10 bits per heavy atom. The Morgan fingerprint density at radius 2 is 1.81 bits per heavy atom. The van der Waals surface area contributed by atoms with Crippen LogP contribution in [0.5, 0.6) is 0 Å². The van der Waals surface area contributed by atoms with Gasteiger partial charge in [-0.2, -0.15) is 0 Å². The molecule has 1 N–H and O–H groups in total. The van der Waals surface area contributed by atoms with Crippen LogP contribution in [0.15, 0.2) is 58.3 Å². The molecule has 0 aromatic heterocycles. The van der Waals surface area contributed by atoms with E-state index in [0.717, 1.165) is 11.3 Å². The van der Waals surface area contributed by atoms with E-state index >= 15 is 0 Å². The molecule has 0 fully saturated rings. The summed E-state index contributed by atoms with van der Waals surface area (Å²) in [6, 6.07) is 15.5. The topological polar surface area (TPSA) is 46.2 Å². The molecule has 0 radical (unpaired) electrons. The number of hydrogen-bond acceptors (Lipinski definition) is 4. The fourth-order valence-electron chi connectivity index (χ4n) is 2.63. The third kappa shape index (κ3) is 2.94. The van der Waals surface area contributed by atoms with Crippen LogP contribution in [0.2, 0.25) is 0 Å². The van der Waals surface area contributed by atoms with Crippen molar-refractivity contribution in [2.24, 2.45) is 0 Å². The van der Waals surface area contributed by atoms with Crippen LogP contribution in [-0.2, 0) is 9.84 Å². The average molecular weight is 319 g/mol. The van der Waals surface area contributed by atoms with E-state index in [4.69, 9.17) is 0 Å². The van der Waals surface area contributed by atoms with E-state index in [1.807, 2.05) is 30.5 Å². The van der Waals surface area contributed by atoms with Gasteiger partial charge in [-0.25, -0.2) is 8.42 Å². The van der Waals surface area contributed by atoms with Gasteiger partial charge in [-0.15, -0.1) is 11.8 Å². The maximum absolute atomic E-state index is 12.1. The van der Waals surface area contributed by atoms with Gasteiger partial charge in [0.05, 0.1) is 16.7 Å². The fourth-order valence-corrected chi connectivity index (χ4v) is 4.66. The smallest absolute Gasteiger partial charge is 0.178 e. The zero-order valence-corrected chi connectivity index (χ0v) is 13.4. The highest BCUT2D eigenvalue weighted by molar-refractivity contribution is 7.98. The molecule has 3 nitrogen and oxygen atoms in total. The van der Waals surface area contributed by atoms with E-state index in [-0.39, 0.29) is 11.8 Å². The molecule has 0 aliphatic carbocycles. The first-order valence-electron chi connectivity index (χ1n) is 6.82. The van der Waals surface area contributed by atoms with Crippen LogP contribution in [-0.4, -0.2) is 20.4 Å². The van der Waals surface area contributed by atoms with Gasteiger partial charge in [0.2, 0.25) is 0 Å². The first-order chi connectivity index (χ1) is 10.1. The number of thioether (sulfide) groups is 1. The zero-order valence-electron chi connectivity index (χ0n) is 11.7. The molecule has 3 rings (SSSR count). The molecule has 0 bridgehead atoms. The third-order valence-corrected chi connectivity index (χ3v) is 6.29. The predicted octanol–water partition coefficient (Wildman–Crippen LogP) is 3.74. The number of hydrogen-bond donors (Lipinski definition) is 1. The molecule has 1 aliphatic rings. The van der Waals surface area contributed by atoms with Gasteiger partial charge in [0.25, 0.3) is 0 Å². The van der Waals surface area contributed by atoms with Crippen molar-refractivity contribution in [2.75, 3.05) is 17.3 Å². The molecular formula is C16H17NO2S2. The van der Waals surface area contributed by atoms with Crippen LogP contribution in [0.1, 0.15) is 18.0 Å². The molecule has 0 saturated heterocycles. The van der Waals surface area contributed by atoms with Crippen molar-refractivity contribution in [1.29, 1.82) is 0 Å². The van der Waals surface area contributed by atoms with Crippen LogP contribution < -0.4 is 5.32 Å². The Hall–Kier alpha value is -1.46. The Labute approximate surface area is 129 Å². The summed E-state index contributed by atoms with van der Waals surface area (Å²) in [4.78, 5) is 1.68. The Morgan fingerprint density at radius 3 is 2.52 bits per heavy atom. The molecule has 1 atom stereocenters. The zero-order chi connectivity index (χ0) is 14.9. The summed E-state index contributed by atoms with van der Waals surface area (Å²) in [6.45, 7) is 0.